The Morgan fingerprint density at radius 3 is 2.18 bits per heavy atom. The summed E-state index contributed by atoms with van der Waals surface area (Å²) in [5.74, 6) is 0.745. The number of amides is 1. The Morgan fingerprint density at radius 1 is 0.939 bits per heavy atom. The minimum absolute atomic E-state index is 0.0259. The van der Waals surface area contributed by atoms with E-state index in [9.17, 15) is 4.79 Å². The summed E-state index contributed by atoms with van der Waals surface area (Å²) in [4.78, 5) is 20.3. The van der Waals surface area contributed by atoms with Crippen molar-refractivity contribution in [2.45, 2.75) is 39.2 Å². The molecule has 0 fully saturated rings. The number of benzene rings is 3. The molecule has 1 atom stereocenters. The third kappa shape index (κ3) is 4.81. The third-order valence-electron chi connectivity index (χ3n) is 6.20. The van der Waals surface area contributed by atoms with Crippen LogP contribution in [0.1, 0.15) is 41.7 Å². The Morgan fingerprint density at radius 2 is 1.58 bits per heavy atom. The van der Waals surface area contributed by atoms with Crippen LogP contribution in [0.25, 0.3) is 0 Å². The molecule has 4 nitrogen and oxygen atoms in total. The average Bonchev–Trinajstić information content (AvgIpc) is 2.94. The van der Waals surface area contributed by atoms with E-state index < -0.39 is 6.04 Å². The van der Waals surface area contributed by atoms with Crippen LogP contribution in [0.2, 0.25) is 5.02 Å². The molecular formula is C28H29ClN2O2. The number of hydrogen-bond donors (Lipinski definition) is 0. The topological polar surface area (TPSA) is 41.9 Å². The summed E-state index contributed by atoms with van der Waals surface area (Å²) < 4.78 is 5.32. The van der Waals surface area contributed by atoms with Gasteiger partial charge in [-0.25, -0.2) is 0 Å². The van der Waals surface area contributed by atoms with E-state index in [0.717, 1.165) is 46.7 Å². The normalized spacial score (nSPS) is 15.7. The van der Waals surface area contributed by atoms with E-state index in [0.29, 0.717) is 11.4 Å². The van der Waals surface area contributed by atoms with E-state index in [-0.39, 0.29) is 5.91 Å². The van der Waals surface area contributed by atoms with Crippen molar-refractivity contribution in [3.63, 3.8) is 0 Å². The molecule has 0 spiro atoms. The molecule has 1 aliphatic heterocycles. The minimum atomic E-state index is -0.532. The van der Waals surface area contributed by atoms with Crippen LogP contribution >= 0.6 is 11.6 Å². The fourth-order valence-electron chi connectivity index (χ4n) is 4.31. The number of carbonyl (C=O) groups is 1. The van der Waals surface area contributed by atoms with Crippen molar-refractivity contribution in [2.24, 2.45) is 4.99 Å². The zero-order chi connectivity index (χ0) is 23.5. The zero-order valence-corrected chi connectivity index (χ0v) is 20.3. The van der Waals surface area contributed by atoms with E-state index in [1.54, 1.807) is 12.0 Å². The Labute approximate surface area is 200 Å². The van der Waals surface area contributed by atoms with Gasteiger partial charge in [0.2, 0.25) is 0 Å². The maximum absolute atomic E-state index is 13.5. The second kappa shape index (κ2) is 9.80. The van der Waals surface area contributed by atoms with Crippen molar-refractivity contribution in [2.75, 3.05) is 19.1 Å². The van der Waals surface area contributed by atoms with Crippen LogP contribution in [0.3, 0.4) is 0 Å². The van der Waals surface area contributed by atoms with Crippen LogP contribution < -0.4 is 9.64 Å². The first-order chi connectivity index (χ1) is 15.9. The van der Waals surface area contributed by atoms with E-state index in [4.69, 9.17) is 21.3 Å². The third-order valence-corrected chi connectivity index (χ3v) is 6.43. The molecule has 0 radical (unpaired) electrons. The summed E-state index contributed by atoms with van der Waals surface area (Å²) in [7, 11) is 3.46. The molecule has 0 saturated carbocycles. The van der Waals surface area contributed by atoms with E-state index in [1.807, 2.05) is 49.5 Å². The first-order valence-electron chi connectivity index (χ1n) is 11.3. The largest absolute Gasteiger partial charge is 0.497 e. The van der Waals surface area contributed by atoms with Gasteiger partial charge in [-0.05, 0) is 72.0 Å². The molecular weight excluding hydrogens is 432 g/mol. The van der Waals surface area contributed by atoms with Gasteiger partial charge in [-0.1, -0.05) is 43.6 Å². The Bertz CT molecular complexity index is 1180. The van der Waals surface area contributed by atoms with E-state index >= 15 is 0 Å². The van der Waals surface area contributed by atoms with Crippen molar-refractivity contribution in [3.8, 4) is 5.75 Å². The molecule has 1 amide bonds. The Balaban J connectivity index is 1.84. The second-order valence-corrected chi connectivity index (χ2v) is 8.79. The lowest BCUT2D eigenvalue weighted by atomic mass is 9.97. The smallest absolute Gasteiger partial charge is 0.251 e. The molecule has 3 aromatic rings. The molecule has 0 aliphatic carbocycles. The van der Waals surface area contributed by atoms with Crippen molar-refractivity contribution in [1.82, 2.24) is 0 Å². The highest BCUT2D eigenvalue weighted by Gasteiger charge is 2.30. The summed E-state index contributed by atoms with van der Waals surface area (Å²) in [6.45, 7) is 4.31. The monoisotopic (exact) mass is 460 g/mol. The number of ether oxygens (including phenoxy) is 1. The minimum Gasteiger partial charge on any atom is -0.497 e. The van der Waals surface area contributed by atoms with Crippen LogP contribution in [0.5, 0.6) is 5.75 Å². The number of nitrogens with zero attached hydrogens (tertiary/aromatic N) is 2. The molecule has 0 bridgehead atoms. The van der Waals surface area contributed by atoms with Crippen molar-refractivity contribution in [3.05, 3.63) is 93.5 Å². The average molecular weight is 461 g/mol. The number of halogens is 1. The molecule has 4 rings (SSSR count). The number of likely N-dealkylation sites (N-methyl/N-ethyl adjacent to an activating group) is 1. The molecule has 0 N–H and O–H groups in total. The quantitative estimate of drug-likeness (QED) is 0.459. The SMILES string of the molecule is CCc1cc(CC)cc(CC2N=C(c3ccc(OC)cc3)c3cc(Cl)ccc3N(C)C2=O)c1. The maximum atomic E-state index is 13.5. The molecule has 1 aliphatic rings. The van der Waals surface area contributed by atoms with Gasteiger partial charge < -0.3 is 9.64 Å². The summed E-state index contributed by atoms with van der Waals surface area (Å²) in [6, 6.07) is 19.5. The maximum Gasteiger partial charge on any atom is 0.251 e. The summed E-state index contributed by atoms with van der Waals surface area (Å²) in [6.07, 6.45) is 2.47. The number of anilines is 1. The van der Waals surface area contributed by atoms with Crippen LogP contribution in [0.4, 0.5) is 5.69 Å². The highest BCUT2D eigenvalue weighted by molar-refractivity contribution is 6.32. The molecule has 0 saturated heterocycles. The molecule has 0 aromatic heterocycles. The highest BCUT2D eigenvalue weighted by atomic mass is 35.5. The number of fused-ring (bicyclic) bond motifs is 1. The van der Waals surface area contributed by atoms with Gasteiger partial charge in [0, 0.05) is 29.6 Å². The van der Waals surface area contributed by atoms with Gasteiger partial charge in [-0.2, -0.15) is 0 Å². The first-order valence-corrected chi connectivity index (χ1v) is 11.7. The fourth-order valence-corrected chi connectivity index (χ4v) is 4.49. The lowest BCUT2D eigenvalue weighted by molar-refractivity contribution is -0.119. The lowest BCUT2D eigenvalue weighted by Crippen LogP contribution is -2.36. The molecule has 1 unspecified atom stereocenters. The van der Waals surface area contributed by atoms with E-state index in [2.05, 4.69) is 32.0 Å². The number of benzodiazepines with no additional fused rings is 1. The van der Waals surface area contributed by atoms with Gasteiger partial charge in [0.05, 0.1) is 18.5 Å². The van der Waals surface area contributed by atoms with Crippen molar-refractivity contribution in [1.29, 1.82) is 0 Å². The number of aliphatic imine (C=N–C) groups is 1. The summed E-state index contributed by atoms with van der Waals surface area (Å²) >= 11 is 6.37. The van der Waals surface area contributed by atoms with Crippen LogP contribution in [-0.4, -0.2) is 31.8 Å². The second-order valence-electron chi connectivity index (χ2n) is 8.35. The van der Waals surface area contributed by atoms with Gasteiger partial charge in [0.25, 0.3) is 5.91 Å². The van der Waals surface area contributed by atoms with Crippen molar-refractivity contribution >= 4 is 28.9 Å². The summed E-state index contributed by atoms with van der Waals surface area (Å²) in [5.41, 5.74) is 7.05. The molecule has 3 aromatic carbocycles. The first kappa shape index (κ1) is 23.1. The predicted molar refractivity (Wildman–Crippen MR) is 136 cm³/mol. The van der Waals surface area contributed by atoms with Gasteiger partial charge in [-0.3, -0.25) is 9.79 Å². The van der Waals surface area contributed by atoms with Crippen LogP contribution in [0.15, 0.2) is 65.7 Å². The Kier molecular flexibility index (Phi) is 6.85. The number of hydrogen-bond acceptors (Lipinski definition) is 3. The fraction of sp³-hybridized carbons (Fsp3) is 0.286. The number of carbonyl (C=O) groups excluding carboxylic acids is 1. The van der Waals surface area contributed by atoms with Gasteiger partial charge in [0.15, 0.2) is 0 Å². The highest BCUT2D eigenvalue weighted by Crippen LogP contribution is 2.31. The van der Waals surface area contributed by atoms with Crippen molar-refractivity contribution < 1.29 is 9.53 Å². The molecule has 1 heterocycles. The van der Waals surface area contributed by atoms with Gasteiger partial charge in [-0.15, -0.1) is 0 Å². The zero-order valence-electron chi connectivity index (χ0n) is 19.6. The molecule has 170 valence electrons. The molecule has 33 heavy (non-hydrogen) atoms. The van der Waals surface area contributed by atoms with Crippen LogP contribution in [0, 0.1) is 0 Å². The Hall–Kier alpha value is -3.11. The predicted octanol–water partition coefficient (Wildman–Crippen LogP) is 5.90. The van der Waals surface area contributed by atoms with E-state index in [1.165, 1.54) is 11.1 Å². The van der Waals surface area contributed by atoms with Crippen LogP contribution in [-0.2, 0) is 24.1 Å². The number of methoxy groups -OCH3 is 1. The van der Waals surface area contributed by atoms with Gasteiger partial charge in [0.1, 0.15) is 11.8 Å². The molecule has 5 heteroatoms. The lowest BCUT2D eigenvalue weighted by Gasteiger charge is -2.21. The number of aryl methyl sites for hydroxylation is 2. The standard InChI is InChI=1S/C28H29ClN2O2/c1-5-18-13-19(6-2)15-20(14-18)16-25-28(32)31(3)26-12-9-22(29)17-24(26)27(30-25)21-7-10-23(33-4)11-8-21/h7-15,17,25H,5-6,16H2,1-4H3. The number of rotatable bonds is 6. The summed E-state index contributed by atoms with van der Waals surface area (Å²) in [5, 5.41) is 0.609. The van der Waals surface area contributed by atoms with Gasteiger partial charge >= 0.3 is 0 Å².